The first-order valence-electron chi connectivity index (χ1n) is 26.7. The molecule has 30 nitrogen and oxygen atoms in total. The van der Waals surface area contributed by atoms with Crippen molar-refractivity contribution in [3.63, 3.8) is 0 Å². The Morgan fingerprint density at radius 3 is 1.25 bits per heavy atom. The Labute approximate surface area is 470 Å². The second-order valence-corrected chi connectivity index (χ2v) is 20.6. The van der Waals surface area contributed by atoms with Gasteiger partial charge in [-0.2, -0.15) is 0 Å². The zero-order valence-electron chi connectivity index (χ0n) is 46.8. The van der Waals surface area contributed by atoms with E-state index in [1.54, 1.807) is 41.5 Å². The average Bonchev–Trinajstić information content (AvgIpc) is 3.41. The van der Waals surface area contributed by atoms with Crippen molar-refractivity contribution in [1.29, 1.82) is 0 Å². The third-order valence-electron chi connectivity index (χ3n) is 12.0. The summed E-state index contributed by atoms with van der Waals surface area (Å²) >= 11 is 0. The Balaban J connectivity index is 3.50. The fourth-order valence-corrected chi connectivity index (χ4v) is 7.91. The van der Waals surface area contributed by atoms with Gasteiger partial charge in [-0.25, -0.2) is 4.79 Å². The van der Waals surface area contributed by atoms with Crippen molar-refractivity contribution in [1.82, 2.24) is 47.9 Å². The zero-order valence-corrected chi connectivity index (χ0v) is 46.8. The number of hydrogen-bond acceptors (Lipinski definition) is 17. The van der Waals surface area contributed by atoms with Crippen LogP contribution in [0.15, 0.2) is 29.3 Å². The number of benzene rings is 1. The summed E-state index contributed by atoms with van der Waals surface area (Å²) in [7, 11) is 0. The smallest absolute Gasteiger partial charge is 0.326 e. The highest BCUT2D eigenvalue weighted by atomic mass is 16.4. The normalized spacial score (nSPS) is 14.5. The number of carboxylic acids is 2. The van der Waals surface area contributed by atoms with Crippen LogP contribution in [0.25, 0.3) is 0 Å². The van der Waals surface area contributed by atoms with Gasteiger partial charge in [0.2, 0.25) is 53.2 Å². The number of aliphatic hydroxyl groups is 2. The number of aromatic hydroxyl groups is 1. The molecule has 0 saturated carbocycles. The van der Waals surface area contributed by atoms with Crippen LogP contribution in [0.3, 0.4) is 0 Å². The minimum Gasteiger partial charge on any atom is -0.508 e. The number of aliphatic hydroxyl groups excluding tert-OH is 2. The SMILES string of the molecule is CC(C)C[C@H](NC(=O)[C@H](CO)NC(=O)[C@H](CO)NC(=O)[C@H](CC(C)C)NC(=O)[C@H](Cc1ccc(O)cc1)NC(=O)[C@H](CC(=O)O)NC(=O)[C@H](CC(C)C)NC(=O)[C@H](CCCN=C(N)N)NC(=O)CN)C(=O)N[C@@H](CCCCN)C(=O)O. The molecule has 1 rings (SSSR count). The summed E-state index contributed by atoms with van der Waals surface area (Å²) in [6.45, 7) is 8.05. The lowest BCUT2D eigenvalue weighted by atomic mass is 10.00. The van der Waals surface area contributed by atoms with Crippen LogP contribution >= 0.6 is 0 Å². The van der Waals surface area contributed by atoms with Crippen LogP contribution < -0.4 is 70.8 Å². The summed E-state index contributed by atoms with van der Waals surface area (Å²) in [5.41, 5.74) is 22.1. The molecule has 0 heterocycles. The summed E-state index contributed by atoms with van der Waals surface area (Å²) < 4.78 is 0. The molecule has 0 aliphatic carbocycles. The van der Waals surface area contributed by atoms with E-state index in [0.29, 0.717) is 24.9 Å². The number of phenols is 1. The van der Waals surface area contributed by atoms with Crippen molar-refractivity contribution in [3.05, 3.63) is 29.8 Å². The van der Waals surface area contributed by atoms with E-state index in [1.807, 2.05) is 0 Å². The monoisotopic (exact) mass is 1150 g/mol. The molecule has 1 aromatic carbocycles. The first kappa shape index (κ1) is 71.3. The van der Waals surface area contributed by atoms with E-state index in [9.17, 15) is 78.3 Å². The number of rotatable bonds is 39. The zero-order chi connectivity index (χ0) is 61.5. The first-order chi connectivity index (χ1) is 38.0. The van der Waals surface area contributed by atoms with Crippen LogP contribution in [0.5, 0.6) is 5.75 Å². The van der Waals surface area contributed by atoms with E-state index in [0.717, 1.165) is 0 Å². The third-order valence-corrected chi connectivity index (χ3v) is 12.0. The molecule has 0 radical (unpaired) electrons. The number of nitrogens with one attached hydrogen (secondary N) is 9. The number of unbranched alkanes of at least 4 members (excludes halogenated alkanes) is 1. The summed E-state index contributed by atoms with van der Waals surface area (Å²) in [6, 6.07) is -8.54. The number of aliphatic imine (C=N–C) groups is 1. The van der Waals surface area contributed by atoms with Crippen LogP contribution in [0.1, 0.15) is 105 Å². The van der Waals surface area contributed by atoms with Gasteiger partial charge in [-0.15, -0.1) is 0 Å². The van der Waals surface area contributed by atoms with Crippen LogP contribution in [0, 0.1) is 17.8 Å². The number of hydrogen-bond donors (Lipinski definition) is 18. The van der Waals surface area contributed by atoms with E-state index in [4.69, 9.17) is 22.9 Å². The summed E-state index contributed by atoms with van der Waals surface area (Å²) in [6.07, 6.45) is -0.387. The third kappa shape index (κ3) is 28.3. The van der Waals surface area contributed by atoms with Crippen molar-refractivity contribution in [2.45, 2.75) is 160 Å². The van der Waals surface area contributed by atoms with E-state index in [-0.39, 0.29) is 81.0 Å². The van der Waals surface area contributed by atoms with E-state index >= 15 is 0 Å². The first-order valence-corrected chi connectivity index (χ1v) is 26.7. The highest BCUT2D eigenvalue weighted by Crippen LogP contribution is 2.15. The lowest BCUT2D eigenvalue weighted by Crippen LogP contribution is -2.61. The number of carbonyl (C=O) groups excluding carboxylic acids is 9. The number of amides is 9. The molecule has 9 atom stereocenters. The minimum atomic E-state index is -1.90. The molecule has 0 aliphatic heterocycles. The Kier molecular flexibility index (Phi) is 32.8. The van der Waals surface area contributed by atoms with Gasteiger partial charge in [-0.1, -0.05) is 53.7 Å². The number of guanidine groups is 1. The van der Waals surface area contributed by atoms with Crippen LogP contribution in [0.2, 0.25) is 0 Å². The van der Waals surface area contributed by atoms with Crippen LogP contribution in [-0.4, -0.2) is 184 Å². The maximum atomic E-state index is 14.3. The molecule has 30 heteroatoms. The van der Waals surface area contributed by atoms with Gasteiger partial charge < -0.3 is 96.3 Å². The predicted octanol–water partition coefficient (Wildman–Crippen LogP) is -4.88. The highest BCUT2D eigenvalue weighted by Gasteiger charge is 2.36. The second kappa shape index (κ2) is 37.3. The quantitative estimate of drug-likeness (QED) is 0.0167. The van der Waals surface area contributed by atoms with Gasteiger partial charge in [0.25, 0.3) is 0 Å². The molecule has 81 heavy (non-hydrogen) atoms. The van der Waals surface area contributed by atoms with Crippen molar-refractivity contribution in [2.24, 2.45) is 45.7 Å². The number of carbonyl (C=O) groups is 11. The lowest BCUT2D eigenvalue weighted by Gasteiger charge is -2.28. The van der Waals surface area contributed by atoms with Crippen LogP contribution in [-0.2, 0) is 59.2 Å². The van der Waals surface area contributed by atoms with Gasteiger partial charge in [0.05, 0.1) is 26.2 Å². The molecular weight excluding hydrogens is 1060 g/mol. The van der Waals surface area contributed by atoms with Crippen molar-refractivity contribution in [3.8, 4) is 5.75 Å². The molecule has 0 saturated heterocycles. The fourth-order valence-electron chi connectivity index (χ4n) is 7.91. The number of nitrogens with zero attached hydrogens (tertiary/aromatic N) is 1. The van der Waals surface area contributed by atoms with Gasteiger partial charge in [0.15, 0.2) is 5.96 Å². The maximum absolute atomic E-state index is 14.3. The summed E-state index contributed by atoms with van der Waals surface area (Å²) in [5, 5.41) is 71.7. The number of nitrogens with two attached hydrogens (primary N) is 4. The molecule has 0 bridgehead atoms. The Morgan fingerprint density at radius 2 is 0.852 bits per heavy atom. The molecule has 0 aromatic heterocycles. The standard InChI is InChI=1S/C51H86N14O16/c1-26(2)18-33(43(73)58-32(50(80)81)10-7-8-16-52)61-48(78)38(24-66)65-49(79)39(25-67)64-45(75)35(20-28(5)6)60-46(76)36(21-29-12-14-30(68)15-13-29)62-47(77)37(22-41(70)71)63-44(74)34(19-27(3)4)59-42(72)31(57-40(69)23-53)11-9-17-56-51(54)55/h12-15,26-28,31-39,66-68H,7-11,16-25,52-53H2,1-6H3,(H,57,69)(H,58,73)(H,59,72)(H,60,76)(H,61,78)(H,62,77)(H,63,74)(H,64,75)(H,65,79)(H,70,71)(H,80,81)(H4,54,55,56)/t31-,32-,33-,34-,35-,36-,37-,38-,39-/m0/s1. The molecular formula is C51H86N14O16. The van der Waals surface area contributed by atoms with Gasteiger partial charge in [-0.3, -0.25) is 52.9 Å². The van der Waals surface area contributed by atoms with Crippen LogP contribution in [0.4, 0.5) is 0 Å². The Morgan fingerprint density at radius 1 is 0.481 bits per heavy atom. The number of carboxylic acid groups (broad SMARTS) is 2. The van der Waals surface area contributed by atoms with Gasteiger partial charge in [0, 0.05) is 13.0 Å². The van der Waals surface area contributed by atoms with E-state index < -0.39 is 146 Å². The van der Waals surface area contributed by atoms with Gasteiger partial charge in [0.1, 0.15) is 60.1 Å². The minimum absolute atomic E-state index is 0.00191. The molecule has 22 N–H and O–H groups in total. The Bertz CT molecular complexity index is 2280. The average molecular weight is 1150 g/mol. The van der Waals surface area contributed by atoms with E-state index in [1.165, 1.54) is 24.3 Å². The molecule has 1 aromatic rings. The number of phenolic OH excluding ortho intramolecular Hbond substituents is 1. The van der Waals surface area contributed by atoms with Crippen molar-refractivity contribution < 1.29 is 78.3 Å². The molecule has 456 valence electrons. The summed E-state index contributed by atoms with van der Waals surface area (Å²) in [4.78, 5) is 151. The Hall–Kier alpha value is -7.70. The van der Waals surface area contributed by atoms with Gasteiger partial charge in [-0.05, 0) is 93.4 Å². The fraction of sp³-hybridized carbons (Fsp3) is 0.647. The molecule has 0 fully saturated rings. The second-order valence-electron chi connectivity index (χ2n) is 20.6. The van der Waals surface area contributed by atoms with Crippen molar-refractivity contribution in [2.75, 3.05) is 32.8 Å². The molecule has 0 spiro atoms. The van der Waals surface area contributed by atoms with Crippen molar-refractivity contribution >= 4 is 71.1 Å². The van der Waals surface area contributed by atoms with E-state index in [2.05, 4.69) is 52.8 Å². The highest BCUT2D eigenvalue weighted by molar-refractivity contribution is 5.99. The molecule has 9 amide bonds. The largest absolute Gasteiger partial charge is 0.508 e. The number of aliphatic carboxylic acids is 2. The lowest BCUT2D eigenvalue weighted by molar-refractivity contribution is -0.143. The topological polar surface area (TPSA) is 514 Å². The molecule has 0 aliphatic rings. The van der Waals surface area contributed by atoms with Gasteiger partial charge >= 0.3 is 11.9 Å². The predicted molar refractivity (Wildman–Crippen MR) is 293 cm³/mol. The maximum Gasteiger partial charge on any atom is 0.326 e. The summed E-state index contributed by atoms with van der Waals surface area (Å²) in [5.74, 6) is -13.0. The molecule has 0 unspecified atom stereocenters.